The van der Waals surface area contributed by atoms with E-state index in [1.165, 1.54) is 6.07 Å². The number of hydrogen-bond acceptors (Lipinski definition) is 2. The van der Waals surface area contributed by atoms with Gasteiger partial charge in [0.2, 0.25) is 0 Å². The molecule has 2 aromatic carbocycles. The Hall–Kier alpha value is -2.30. The molecule has 1 atom stereocenters. The van der Waals surface area contributed by atoms with E-state index < -0.39 is 17.2 Å². The number of benzene rings is 2. The first-order valence-electron chi connectivity index (χ1n) is 9.48. The fourth-order valence-corrected chi connectivity index (χ4v) is 4.74. The van der Waals surface area contributed by atoms with Gasteiger partial charge < -0.3 is 5.11 Å². The molecule has 0 aromatic heterocycles. The molecule has 1 unspecified atom stereocenters. The van der Waals surface area contributed by atoms with Crippen LogP contribution in [0.15, 0.2) is 47.5 Å². The number of halogens is 3. The van der Waals surface area contributed by atoms with Gasteiger partial charge in [-0.15, -0.1) is 0 Å². The Bertz CT molecular complexity index is 849. The van der Waals surface area contributed by atoms with E-state index in [1.54, 1.807) is 24.4 Å². The van der Waals surface area contributed by atoms with E-state index in [1.807, 2.05) is 12.1 Å². The van der Waals surface area contributed by atoms with Crippen LogP contribution in [0.2, 0.25) is 0 Å². The van der Waals surface area contributed by atoms with E-state index >= 15 is 0 Å². The summed E-state index contributed by atoms with van der Waals surface area (Å²) in [6, 6.07) is 11.2. The highest BCUT2D eigenvalue weighted by atomic mass is 19.4. The number of aromatic hydroxyl groups is 1. The van der Waals surface area contributed by atoms with Crippen molar-refractivity contribution in [3.05, 3.63) is 59.2 Å². The van der Waals surface area contributed by atoms with Crippen LogP contribution >= 0.6 is 0 Å². The van der Waals surface area contributed by atoms with Gasteiger partial charge in [-0.3, -0.25) is 4.99 Å². The van der Waals surface area contributed by atoms with Crippen molar-refractivity contribution in [1.29, 1.82) is 0 Å². The highest BCUT2D eigenvalue weighted by Gasteiger charge is 2.47. The normalized spacial score (nSPS) is 23.2. The zero-order valence-corrected chi connectivity index (χ0v) is 15.0. The number of para-hydroxylation sites is 1. The maximum atomic E-state index is 13.6. The first kappa shape index (κ1) is 18.1. The lowest BCUT2D eigenvalue weighted by Gasteiger charge is -2.37. The fraction of sp³-hybridized carbons (Fsp3) is 0.409. The van der Waals surface area contributed by atoms with Crippen LogP contribution in [0, 0.1) is 5.92 Å². The summed E-state index contributed by atoms with van der Waals surface area (Å²) >= 11 is 0. The number of phenols is 1. The molecule has 0 amide bonds. The maximum absolute atomic E-state index is 13.6. The molecule has 0 spiro atoms. The Morgan fingerprint density at radius 2 is 1.59 bits per heavy atom. The Kier molecular flexibility index (Phi) is 4.49. The highest BCUT2D eigenvalue weighted by Crippen LogP contribution is 2.53. The molecule has 1 N–H and O–H groups in total. The van der Waals surface area contributed by atoms with E-state index in [2.05, 4.69) is 4.99 Å². The van der Waals surface area contributed by atoms with Gasteiger partial charge in [0.15, 0.2) is 0 Å². The van der Waals surface area contributed by atoms with Gasteiger partial charge >= 0.3 is 6.18 Å². The number of rotatable bonds is 2. The van der Waals surface area contributed by atoms with Gasteiger partial charge in [0, 0.05) is 6.21 Å². The summed E-state index contributed by atoms with van der Waals surface area (Å²) in [5, 5.41) is 9.70. The summed E-state index contributed by atoms with van der Waals surface area (Å²) in [5.41, 5.74) is 0.228. The molecule has 1 heterocycles. The van der Waals surface area contributed by atoms with Gasteiger partial charge in [-0.1, -0.05) is 49.9 Å². The third-order valence-electron chi connectivity index (χ3n) is 6.03. The van der Waals surface area contributed by atoms with Crippen molar-refractivity contribution in [3.63, 3.8) is 0 Å². The van der Waals surface area contributed by atoms with Gasteiger partial charge in [0.1, 0.15) is 5.75 Å². The first-order chi connectivity index (χ1) is 12.9. The van der Waals surface area contributed by atoms with Gasteiger partial charge in [0.05, 0.1) is 16.7 Å². The standard InChI is InChI=1S/C22H22F3NO/c23-22(24,25)19-9-5-8-18-20(19)26-14-21(18,15-6-3-1-2-4-7-15)16-10-12-17(27)13-11-16/h5,8-15,27H,1-4,6-7H2. The van der Waals surface area contributed by atoms with Crippen molar-refractivity contribution in [2.24, 2.45) is 10.9 Å². The average Bonchev–Trinajstić information content (AvgIpc) is 2.83. The van der Waals surface area contributed by atoms with Crippen molar-refractivity contribution in [2.45, 2.75) is 50.1 Å². The van der Waals surface area contributed by atoms with Gasteiger partial charge in [-0.25, -0.2) is 0 Å². The van der Waals surface area contributed by atoms with Crippen LogP contribution in [0.25, 0.3) is 0 Å². The highest BCUT2D eigenvalue weighted by molar-refractivity contribution is 5.91. The Morgan fingerprint density at radius 3 is 2.22 bits per heavy atom. The number of nitrogens with zero attached hydrogens (tertiary/aromatic N) is 1. The molecule has 1 aliphatic heterocycles. The van der Waals surface area contributed by atoms with Gasteiger partial charge in [0.25, 0.3) is 0 Å². The van der Waals surface area contributed by atoms with Crippen LogP contribution in [-0.2, 0) is 11.6 Å². The summed E-state index contributed by atoms with van der Waals surface area (Å²) in [6.07, 6.45) is 3.69. The van der Waals surface area contributed by atoms with E-state index in [-0.39, 0.29) is 17.4 Å². The number of hydrogen-bond donors (Lipinski definition) is 1. The van der Waals surface area contributed by atoms with Gasteiger partial charge in [-0.05, 0) is 48.1 Å². The third kappa shape index (κ3) is 3.03. The van der Waals surface area contributed by atoms with Crippen LogP contribution < -0.4 is 0 Å². The average molecular weight is 373 g/mol. The second-order valence-electron chi connectivity index (χ2n) is 7.56. The van der Waals surface area contributed by atoms with Gasteiger partial charge in [-0.2, -0.15) is 13.2 Å². The quantitative estimate of drug-likeness (QED) is 0.608. The summed E-state index contributed by atoms with van der Waals surface area (Å²) in [4.78, 5) is 4.32. The lowest BCUT2D eigenvalue weighted by Crippen LogP contribution is -2.36. The van der Waals surface area contributed by atoms with Crippen molar-refractivity contribution in [1.82, 2.24) is 0 Å². The Balaban J connectivity index is 1.92. The van der Waals surface area contributed by atoms with Crippen molar-refractivity contribution in [2.75, 3.05) is 0 Å². The number of alkyl halides is 3. The Morgan fingerprint density at radius 1 is 0.926 bits per heavy atom. The van der Waals surface area contributed by atoms with Crippen LogP contribution in [0.1, 0.15) is 55.2 Å². The lowest BCUT2D eigenvalue weighted by molar-refractivity contribution is -0.137. The molecule has 2 aromatic rings. The molecule has 1 fully saturated rings. The summed E-state index contributed by atoms with van der Waals surface area (Å²) in [5.74, 6) is 0.340. The SMILES string of the molecule is Oc1ccc(C2(C3CCCCCC3)C=Nc3c(C(F)(F)F)cccc32)cc1. The minimum Gasteiger partial charge on any atom is -0.508 e. The van der Waals surface area contributed by atoms with Crippen LogP contribution in [0.3, 0.4) is 0 Å². The molecule has 0 bridgehead atoms. The molecule has 142 valence electrons. The smallest absolute Gasteiger partial charge is 0.418 e. The Labute approximate surface area is 156 Å². The largest absolute Gasteiger partial charge is 0.508 e. The predicted molar refractivity (Wildman–Crippen MR) is 99.7 cm³/mol. The molecule has 2 nitrogen and oxygen atoms in total. The first-order valence-corrected chi connectivity index (χ1v) is 9.48. The fourth-order valence-electron chi connectivity index (χ4n) is 4.74. The molecule has 5 heteroatoms. The lowest BCUT2D eigenvalue weighted by atomic mass is 9.64. The second-order valence-corrected chi connectivity index (χ2v) is 7.56. The van der Waals surface area contributed by atoms with E-state index in [9.17, 15) is 18.3 Å². The molecule has 1 saturated carbocycles. The van der Waals surface area contributed by atoms with Crippen molar-refractivity contribution in [3.8, 4) is 5.75 Å². The van der Waals surface area contributed by atoms with Crippen molar-refractivity contribution < 1.29 is 18.3 Å². The van der Waals surface area contributed by atoms with E-state index in [0.29, 0.717) is 5.56 Å². The topological polar surface area (TPSA) is 32.6 Å². The number of fused-ring (bicyclic) bond motifs is 1. The van der Waals surface area contributed by atoms with E-state index in [4.69, 9.17) is 0 Å². The van der Waals surface area contributed by atoms with Crippen LogP contribution in [0.5, 0.6) is 5.75 Å². The molecule has 0 radical (unpaired) electrons. The zero-order valence-electron chi connectivity index (χ0n) is 15.0. The molecular weight excluding hydrogens is 351 g/mol. The monoisotopic (exact) mass is 373 g/mol. The summed E-state index contributed by atoms with van der Waals surface area (Å²) in [6.45, 7) is 0. The number of aliphatic imine (C=N–C) groups is 1. The summed E-state index contributed by atoms with van der Waals surface area (Å²) in [7, 11) is 0. The molecular formula is C22H22F3NO. The zero-order chi connectivity index (χ0) is 19.1. The second kappa shape index (κ2) is 6.70. The summed E-state index contributed by atoms with van der Waals surface area (Å²) < 4.78 is 40.7. The molecule has 0 saturated heterocycles. The molecule has 27 heavy (non-hydrogen) atoms. The minimum absolute atomic E-state index is 0.0438. The maximum Gasteiger partial charge on any atom is 0.418 e. The predicted octanol–water partition coefficient (Wildman–Crippen LogP) is 6.38. The number of phenolic OH excluding ortho intramolecular Hbond substituents is 1. The molecule has 1 aliphatic carbocycles. The minimum atomic E-state index is -4.43. The van der Waals surface area contributed by atoms with Crippen LogP contribution in [-0.4, -0.2) is 11.3 Å². The molecule has 4 rings (SSSR count). The van der Waals surface area contributed by atoms with Crippen molar-refractivity contribution >= 4 is 11.9 Å². The third-order valence-corrected chi connectivity index (χ3v) is 6.03. The van der Waals surface area contributed by atoms with E-state index in [0.717, 1.165) is 50.2 Å². The molecule has 2 aliphatic rings. The van der Waals surface area contributed by atoms with Crippen LogP contribution in [0.4, 0.5) is 18.9 Å².